The Bertz CT molecular complexity index is 911. The normalized spacial score (nSPS) is 10.8. The van der Waals surface area contributed by atoms with Crippen molar-refractivity contribution >= 4 is 55.8 Å². The molecule has 0 unspecified atom stereocenters. The zero-order valence-electron chi connectivity index (χ0n) is 13.5. The first kappa shape index (κ1) is 18.0. The Kier molecular flexibility index (Phi) is 5.78. The standard InChI is InChI=1S/C18H16Cl2N2O2S/c1-2-3-8-24-12-5-7-15-16(10-12)25-18(21-15)22-17(23)11-4-6-13(19)14(20)9-11/h4-7,9-10H,2-3,8H2,1H3,(H,21,22,23). The first-order valence-electron chi connectivity index (χ1n) is 7.86. The Hall–Kier alpha value is -1.82. The number of anilines is 1. The van der Waals surface area contributed by atoms with Gasteiger partial charge in [0.25, 0.3) is 5.91 Å². The Balaban J connectivity index is 1.74. The highest BCUT2D eigenvalue weighted by Crippen LogP contribution is 2.30. The molecule has 4 nitrogen and oxygen atoms in total. The maximum absolute atomic E-state index is 12.3. The van der Waals surface area contributed by atoms with Crippen LogP contribution in [0.25, 0.3) is 10.2 Å². The molecule has 0 saturated carbocycles. The number of nitrogens with zero attached hydrogens (tertiary/aromatic N) is 1. The second-order valence-corrected chi connectivity index (χ2v) is 7.28. The van der Waals surface area contributed by atoms with E-state index in [9.17, 15) is 4.79 Å². The van der Waals surface area contributed by atoms with Gasteiger partial charge in [-0.1, -0.05) is 47.9 Å². The number of benzene rings is 2. The molecule has 0 bridgehead atoms. The molecule has 0 radical (unpaired) electrons. The van der Waals surface area contributed by atoms with Gasteiger partial charge in [-0.05, 0) is 42.8 Å². The SMILES string of the molecule is CCCCOc1ccc2nc(NC(=O)c3ccc(Cl)c(Cl)c3)sc2c1. The predicted octanol–water partition coefficient (Wildman–Crippen LogP) is 6.03. The number of carbonyl (C=O) groups is 1. The van der Waals surface area contributed by atoms with Gasteiger partial charge in [0, 0.05) is 5.56 Å². The fourth-order valence-electron chi connectivity index (χ4n) is 2.19. The summed E-state index contributed by atoms with van der Waals surface area (Å²) in [5.74, 6) is 0.531. The second-order valence-electron chi connectivity index (χ2n) is 5.43. The number of nitrogens with one attached hydrogen (secondary N) is 1. The molecule has 1 heterocycles. The molecule has 0 aliphatic carbocycles. The van der Waals surface area contributed by atoms with Crippen LogP contribution in [-0.4, -0.2) is 17.5 Å². The fraction of sp³-hybridized carbons (Fsp3) is 0.222. The van der Waals surface area contributed by atoms with Crippen LogP contribution in [0.15, 0.2) is 36.4 Å². The Labute approximate surface area is 159 Å². The van der Waals surface area contributed by atoms with Crippen molar-refractivity contribution in [1.82, 2.24) is 4.98 Å². The minimum Gasteiger partial charge on any atom is -0.494 e. The molecule has 1 aromatic heterocycles. The molecule has 3 rings (SSSR count). The number of fused-ring (bicyclic) bond motifs is 1. The molecule has 3 aromatic rings. The maximum Gasteiger partial charge on any atom is 0.257 e. The lowest BCUT2D eigenvalue weighted by molar-refractivity contribution is 0.102. The quantitative estimate of drug-likeness (QED) is 0.518. The number of carbonyl (C=O) groups excluding carboxylic acids is 1. The van der Waals surface area contributed by atoms with Crippen LogP contribution < -0.4 is 10.1 Å². The van der Waals surface area contributed by atoms with Crippen molar-refractivity contribution in [2.75, 3.05) is 11.9 Å². The Morgan fingerprint density at radius 1 is 1.20 bits per heavy atom. The molecule has 0 fully saturated rings. The van der Waals surface area contributed by atoms with Gasteiger partial charge in [0.05, 0.1) is 26.9 Å². The van der Waals surface area contributed by atoms with Crippen molar-refractivity contribution < 1.29 is 9.53 Å². The molecule has 1 N–H and O–H groups in total. The zero-order valence-corrected chi connectivity index (χ0v) is 15.8. The lowest BCUT2D eigenvalue weighted by Gasteiger charge is -2.04. The van der Waals surface area contributed by atoms with E-state index in [1.165, 1.54) is 17.4 Å². The maximum atomic E-state index is 12.3. The van der Waals surface area contributed by atoms with Crippen LogP contribution in [0, 0.1) is 0 Å². The third-order valence-corrected chi connectivity index (χ3v) is 5.20. The Morgan fingerprint density at radius 3 is 2.80 bits per heavy atom. The fourth-order valence-corrected chi connectivity index (χ4v) is 3.38. The average Bonchev–Trinajstić information content (AvgIpc) is 2.99. The monoisotopic (exact) mass is 394 g/mol. The first-order valence-corrected chi connectivity index (χ1v) is 9.44. The van der Waals surface area contributed by atoms with Crippen LogP contribution in [0.3, 0.4) is 0 Å². The van der Waals surface area contributed by atoms with E-state index in [1.54, 1.807) is 12.1 Å². The van der Waals surface area contributed by atoms with Crippen molar-refractivity contribution in [2.45, 2.75) is 19.8 Å². The Morgan fingerprint density at radius 2 is 2.04 bits per heavy atom. The summed E-state index contributed by atoms with van der Waals surface area (Å²) in [6, 6.07) is 10.5. The topological polar surface area (TPSA) is 51.2 Å². The van der Waals surface area contributed by atoms with Crippen LogP contribution in [0.2, 0.25) is 10.0 Å². The largest absolute Gasteiger partial charge is 0.494 e. The van der Waals surface area contributed by atoms with Crippen LogP contribution in [0.1, 0.15) is 30.1 Å². The zero-order chi connectivity index (χ0) is 17.8. The summed E-state index contributed by atoms with van der Waals surface area (Å²) in [6.07, 6.45) is 2.11. The predicted molar refractivity (Wildman–Crippen MR) is 104 cm³/mol. The summed E-state index contributed by atoms with van der Waals surface area (Å²) < 4.78 is 6.66. The van der Waals surface area contributed by atoms with E-state index in [1.807, 2.05) is 18.2 Å². The third kappa shape index (κ3) is 4.42. The van der Waals surface area contributed by atoms with Gasteiger partial charge in [-0.2, -0.15) is 0 Å². The molecule has 0 spiro atoms. The molecular formula is C18H16Cl2N2O2S. The van der Waals surface area contributed by atoms with Gasteiger partial charge < -0.3 is 4.74 Å². The van der Waals surface area contributed by atoms with Gasteiger partial charge in [-0.25, -0.2) is 4.98 Å². The molecule has 7 heteroatoms. The molecule has 0 atom stereocenters. The lowest BCUT2D eigenvalue weighted by Crippen LogP contribution is -2.11. The average molecular weight is 395 g/mol. The summed E-state index contributed by atoms with van der Waals surface area (Å²) in [4.78, 5) is 16.8. The van der Waals surface area contributed by atoms with Crippen molar-refractivity contribution in [3.05, 3.63) is 52.0 Å². The highest BCUT2D eigenvalue weighted by atomic mass is 35.5. The highest BCUT2D eigenvalue weighted by Gasteiger charge is 2.12. The van der Waals surface area contributed by atoms with E-state index in [2.05, 4.69) is 17.2 Å². The molecule has 2 aromatic carbocycles. The van der Waals surface area contributed by atoms with E-state index >= 15 is 0 Å². The van der Waals surface area contributed by atoms with Crippen molar-refractivity contribution in [1.29, 1.82) is 0 Å². The molecule has 0 saturated heterocycles. The van der Waals surface area contributed by atoms with Gasteiger partial charge in [-0.3, -0.25) is 10.1 Å². The van der Waals surface area contributed by atoms with Gasteiger partial charge in [-0.15, -0.1) is 0 Å². The summed E-state index contributed by atoms with van der Waals surface area (Å²) in [5, 5.41) is 4.07. The summed E-state index contributed by atoms with van der Waals surface area (Å²) in [6.45, 7) is 2.82. The van der Waals surface area contributed by atoms with Crippen LogP contribution >= 0.6 is 34.5 Å². The van der Waals surface area contributed by atoms with E-state index in [4.69, 9.17) is 27.9 Å². The number of hydrogen-bond donors (Lipinski definition) is 1. The number of amides is 1. The number of ether oxygens (including phenoxy) is 1. The molecular weight excluding hydrogens is 379 g/mol. The van der Waals surface area contributed by atoms with Gasteiger partial charge in [0.1, 0.15) is 5.75 Å². The summed E-state index contributed by atoms with van der Waals surface area (Å²) in [7, 11) is 0. The second kappa shape index (κ2) is 8.04. The third-order valence-electron chi connectivity index (χ3n) is 3.53. The summed E-state index contributed by atoms with van der Waals surface area (Å²) >= 11 is 13.2. The number of aromatic nitrogens is 1. The number of hydrogen-bond acceptors (Lipinski definition) is 4. The van der Waals surface area contributed by atoms with Crippen LogP contribution in [0.5, 0.6) is 5.75 Å². The molecule has 1 amide bonds. The summed E-state index contributed by atoms with van der Waals surface area (Å²) in [5.41, 5.74) is 1.24. The molecule has 130 valence electrons. The van der Waals surface area contributed by atoms with Crippen molar-refractivity contribution in [3.63, 3.8) is 0 Å². The van der Waals surface area contributed by atoms with Gasteiger partial charge in [0.15, 0.2) is 5.13 Å². The minimum absolute atomic E-state index is 0.281. The van der Waals surface area contributed by atoms with E-state index in [-0.39, 0.29) is 5.91 Å². The van der Waals surface area contributed by atoms with Gasteiger partial charge in [0.2, 0.25) is 0 Å². The number of unbranched alkanes of at least 4 members (excludes halogenated alkanes) is 1. The van der Waals surface area contributed by atoms with E-state index in [0.29, 0.717) is 27.3 Å². The smallest absolute Gasteiger partial charge is 0.257 e. The number of thiazole rings is 1. The van der Waals surface area contributed by atoms with Gasteiger partial charge >= 0.3 is 0 Å². The molecule has 0 aliphatic rings. The van der Waals surface area contributed by atoms with Crippen LogP contribution in [-0.2, 0) is 0 Å². The van der Waals surface area contributed by atoms with E-state index < -0.39 is 0 Å². The minimum atomic E-state index is -0.281. The van der Waals surface area contributed by atoms with E-state index in [0.717, 1.165) is 28.8 Å². The van der Waals surface area contributed by atoms with Crippen molar-refractivity contribution in [2.24, 2.45) is 0 Å². The van der Waals surface area contributed by atoms with Crippen LogP contribution in [0.4, 0.5) is 5.13 Å². The molecule has 25 heavy (non-hydrogen) atoms. The highest BCUT2D eigenvalue weighted by molar-refractivity contribution is 7.22. The first-order chi connectivity index (χ1) is 12.1. The number of halogens is 2. The molecule has 0 aliphatic heterocycles. The lowest BCUT2D eigenvalue weighted by atomic mass is 10.2. The van der Waals surface area contributed by atoms with Crippen molar-refractivity contribution in [3.8, 4) is 5.75 Å². The number of rotatable bonds is 6.